The first-order valence-corrected chi connectivity index (χ1v) is 10.9. The fourth-order valence-electron chi connectivity index (χ4n) is 4.43. The Hall–Kier alpha value is -3.86. The van der Waals surface area contributed by atoms with Crippen LogP contribution in [0.15, 0.2) is 59.9 Å². The summed E-state index contributed by atoms with van der Waals surface area (Å²) < 4.78 is 13.1. The zero-order valence-electron chi connectivity index (χ0n) is 18.8. The number of allylic oxidation sites excluding steroid dienone is 1. The highest BCUT2D eigenvalue weighted by Gasteiger charge is 2.31. The zero-order valence-corrected chi connectivity index (χ0v) is 18.8. The number of amides is 1. The molecule has 1 amide bonds. The first kappa shape index (κ1) is 22.3. The molecule has 0 radical (unpaired) electrons. The Kier molecular flexibility index (Phi) is 6.31. The Bertz CT molecular complexity index is 1100. The maximum atomic E-state index is 13.1. The van der Waals surface area contributed by atoms with Crippen LogP contribution in [0.3, 0.4) is 0 Å². The summed E-state index contributed by atoms with van der Waals surface area (Å²) in [6.45, 7) is 2.37. The van der Waals surface area contributed by atoms with Crippen LogP contribution < -0.4 is 14.7 Å². The van der Waals surface area contributed by atoms with Crippen molar-refractivity contribution < 1.29 is 14.0 Å². The number of carbonyl (C=O) groups is 2. The highest BCUT2D eigenvalue weighted by atomic mass is 19.1. The van der Waals surface area contributed by atoms with E-state index in [9.17, 15) is 19.2 Å². The molecule has 2 aliphatic rings. The van der Waals surface area contributed by atoms with E-state index in [0.29, 0.717) is 32.0 Å². The lowest BCUT2D eigenvalue weighted by Gasteiger charge is -2.36. The number of benzene rings is 2. The van der Waals surface area contributed by atoms with Gasteiger partial charge in [-0.2, -0.15) is 5.26 Å². The summed E-state index contributed by atoms with van der Waals surface area (Å²) in [6.07, 6.45) is 0.0512. The van der Waals surface area contributed by atoms with Crippen LogP contribution >= 0.6 is 0 Å². The lowest BCUT2D eigenvalue weighted by atomic mass is 10.1. The van der Waals surface area contributed by atoms with Crippen molar-refractivity contribution in [1.82, 2.24) is 4.90 Å². The molecule has 0 spiro atoms. The Morgan fingerprint density at radius 2 is 1.48 bits per heavy atom. The Morgan fingerprint density at radius 3 is 2.03 bits per heavy atom. The first-order chi connectivity index (χ1) is 15.9. The molecular weight excluding hydrogens is 421 g/mol. The lowest BCUT2D eigenvalue weighted by molar-refractivity contribution is -0.133. The average molecular weight is 448 g/mol. The number of nitriles is 1. The molecule has 2 aromatic rings. The predicted octanol–water partition coefficient (Wildman–Crippen LogP) is 3.14. The summed E-state index contributed by atoms with van der Waals surface area (Å²) >= 11 is 0. The van der Waals surface area contributed by atoms with Crippen LogP contribution in [-0.2, 0) is 9.59 Å². The number of Topliss-reactive ketones (excluding diaryl/α,β-unsaturated/α-hetero) is 1. The molecule has 0 saturated carbocycles. The topological polar surface area (TPSA) is 70.9 Å². The summed E-state index contributed by atoms with van der Waals surface area (Å²) in [5.74, 6) is -0.176. The normalized spacial score (nSPS) is 15.4. The molecule has 170 valence electrons. The number of anilines is 3. The van der Waals surface area contributed by atoms with Gasteiger partial charge in [-0.25, -0.2) is 4.39 Å². The number of para-hydroxylation sites is 2. The van der Waals surface area contributed by atoms with Gasteiger partial charge in [0, 0.05) is 58.8 Å². The van der Waals surface area contributed by atoms with Gasteiger partial charge in [-0.1, -0.05) is 12.1 Å². The Morgan fingerprint density at radius 1 is 0.909 bits per heavy atom. The van der Waals surface area contributed by atoms with Gasteiger partial charge in [0.1, 0.15) is 23.3 Å². The molecule has 0 bridgehead atoms. The molecule has 1 fully saturated rings. The molecule has 7 nitrogen and oxygen atoms in total. The van der Waals surface area contributed by atoms with Gasteiger partial charge in [0.2, 0.25) is 5.91 Å². The number of rotatable bonds is 5. The summed E-state index contributed by atoms with van der Waals surface area (Å²) in [4.78, 5) is 33.2. The molecule has 2 aliphatic heterocycles. The summed E-state index contributed by atoms with van der Waals surface area (Å²) in [7, 11) is 3.65. The van der Waals surface area contributed by atoms with Crippen LogP contribution in [0.5, 0.6) is 0 Å². The maximum Gasteiger partial charge on any atom is 0.223 e. The number of carbonyl (C=O) groups excluding carboxylic acids is 2. The van der Waals surface area contributed by atoms with Crippen molar-refractivity contribution >= 4 is 28.8 Å². The zero-order chi connectivity index (χ0) is 23.5. The van der Waals surface area contributed by atoms with Crippen molar-refractivity contribution in [2.24, 2.45) is 0 Å². The van der Waals surface area contributed by atoms with Crippen molar-refractivity contribution in [3.05, 3.63) is 65.7 Å². The van der Waals surface area contributed by atoms with Gasteiger partial charge in [0.15, 0.2) is 5.78 Å². The van der Waals surface area contributed by atoms with Gasteiger partial charge < -0.3 is 19.6 Å². The number of ketones is 1. The van der Waals surface area contributed by atoms with Gasteiger partial charge in [-0.05, 0) is 36.4 Å². The Labute approximate surface area is 192 Å². The standard InChI is InChI=1S/C25H26FN5O2/c1-28-21-5-3-4-6-22(21)29(2)25(28)20(17-27)23(32)11-12-24(33)31-15-13-30(14-16-31)19-9-7-18(26)8-10-19/h3-10H,11-16H2,1-2H3. The maximum absolute atomic E-state index is 13.1. The van der Waals surface area contributed by atoms with Crippen molar-refractivity contribution in [3.63, 3.8) is 0 Å². The average Bonchev–Trinajstić information content (AvgIpc) is 3.09. The third-order valence-electron chi connectivity index (χ3n) is 6.24. The largest absolute Gasteiger partial charge is 0.368 e. The van der Waals surface area contributed by atoms with Crippen molar-refractivity contribution in [2.45, 2.75) is 12.8 Å². The van der Waals surface area contributed by atoms with E-state index in [4.69, 9.17) is 0 Å². The van der Waals surface area contributed by atoms with Crippen LogP contribution in [0, 0.1) is 17.1 Å². The Balaban J connectivity index is 1.36. The van der Waals surface area contributed by atoms with E-state index in [1.807, 2.05) is 48.2 Å². The SMILES string of the molecule is CN1C(=C(C#N)C(=O)CCC(=O)N2CCN(c3ccc(F)cc3)CC2)N(C)c2ccccc21. The van der Waals surface area contributed by atoms with Crippen LogP contribution in [0.4, 0.5) is 21.5 Å². The molecule has 8 heteroatoms. The van der Waals surface area contributed by atoms with Crippen LogP contribution in [0.1, 0.15) is 12.8 Å². The molecule has 33 heavy (non-hydrogen) atoms. The second-order valence-corrected chi connectivity index (χ2v) is 8.18. The molecular formula is C25H26FN5O2. The third kappa shape index (κ3) is 4.40. The summed E-state index contributed by atoms with van der Waals surface area (Å²) in [6, 6.07) is 16.1. The number of halogens is 1. The smallest absolute Gasteiger partial charge is 0.223 e. The van der Waals surface area contributed by atoms with E-state index in [1.165, 1.54) is 12.1 Å². The van der Waals surface area contributed by atoms with E-state index in [-0.39, 0.29) is 35.9 Å². The van der Waals surface area contributed by atoms with Gasteiger partial charge in [0.05, 0.1) is 11.4 Å². The van der Waals surface area contributed by atoms with Crippen molar-refractivity contribution in [2.75, 3.05) is 55.0 Å². The second-order valence-electron chi connectivity index (χ2n) is 8.18. The van der Waals surface area contributed by atoms with Gasteiger partial charge >= 0.3 is 0 Å². The highest BCUT2D eigenvalue weighted by molar-refractivity contribution is 6.03. The third-order valence-corrected chi connectivity index (χ3v) is 6.24. The van der Waals surface area contributed by atoms with Crippen molar-refractivity contribution in [1.29, 1.82) is 5.26 Å². The molecule has 0 aromatic heterocycles. The van der Waals surface area contributed by atoms with Crippen molar-refractivity contribution in [3.8, 4) is 6.07 Å². The molecule has 1 saturated heterocycles. The minimum atomic E-state index is -0.336. The van der Waals surface area contributed by atoms with E-state index in [2.05, 4.69) is 11.0 Å². The minimum absolute atomic E-state index is 0.0125. The summed E-state index contributed by atoms with van der Waals surface area (Å²) in [5.41, 5.74) is 2.83. The van der Waals surface area contributed by atoms with Gasteiger partial charge in [-0.15, -0.1) is 0 Å². The molecule has 4 rings (SSSR count). The number of piperazine rings is 1. The van der Waals surface area contributed by atoms with Gasteiger partial charge in [-0.3, -0.25) is 9.59 Å². The quantitative estimate of drug-likeness (QED) is 0.518. The lowest BCUT2D eigenvalue weighted by Crippen LogP contribution is -2.48. The fraction of sp³-hybridized carbons (Fsp3) is 0.320. The number of hydrogen-bond acceptors (Lipinski definition) is 6. The second kappa shape index (κ2) is 9.33. The molecule has 2 heterocycles. The van der Waals surface area contributed by atoms with Gasteiger partial charge in [0.25, 0.3) is 0 Å². The highest BCUT2D eigenvalue weighted by Crippen LogP contribution is 2.40. The van der Waals surface area contributed by atoms with E-state index in [1.54, 1.807) is 17.0 Å². The summed E-state index contributed by atoms with van der Waals surface area (Å²) in [5, 5.41) is 9.73. The van der Waals surface area contributed by atoms with E-state index in [0.717, 1.165) is 17.1 Å². The van der Waals surface area contributed by atoms with Crippen LogP contribution in [-0.4, -0.2) is 56.9 Å². The van der Waals surface area contributed by atoms with Crippen LogP contribution in [0.25, 0.3) is 0 Å². The van der Waals surface area contributed by atoms with E-state index >= 15 is 0 Å². The fourth-order valence-corrected chi connectivity index (χ4v) is 4.43. The first-order valence-electron chi connectivity index (χ1n) is 10.9. The molecule has 0 atom stereocenters. The molecule has 0 aliphatic carbocycles. The number of fused-ring (bicyclic) bond motifs is 1. The molecule has 0 N–H and O–H groups in total. The monoisotopic (exact) mass is 447 g/mol. The minimum Gasteiger partial charge on any atom is -0.368 e. The molecule has 2 aromatic carbocycles. The predicted molar refractivity (Wildman–Crippen MR) is 125 cm³/mol. The van der Waals surface area contributed by atoms with Crippen LogP contribution in [0.2, 0.25) is 0 Å². The molecule has 0 unspecified atom stereocenters. The number of nitrogens with zero attached hydrogens (tertiary/aromatic N) is 5. The number of hydrogen-bond donors (Lipinski definition) is 0. The van der Waals surface area contributed by atoms with E-state index < -0.39 is 0 Å².